The summed E-state index contributed by atoms with van der Waals surface area (Å²) in [4.78, 5) is 59.7. The number of fused-ring (bicyclic) bond motifs is 9. The smallest absolute Gasteiger partial charge is 0.418 e. The number of benzene rings is 2. The number of ether oxygens (including phenoxy) is 2. The van der Waals surface area contributed by atoms with Gasteiger partial charge in [-0.15, -0.1) is 11.8 Å². The van der Waals surface area contributed by atoms with Crippen LogP contribution in [-0.4, -0.2) is 59.2 Å². The molecule has 5 aliphatic rings. The SMILES string of the molecule is CCOc1cc([C@@H]2c3sc(=O)[nH]c3S[C@@H]3[C@@H]4C[C@@H]([C@@H]5C(=O)N(c6ccccc6C(F)(F)F)C(=O)[C@@H]45)[C@H]23)ccc1OCC(=O)N1CCCCC1. The molecule has 0 spiro atoms. The van der Waals surface area contributed by atoms with Crippen LogP contribution >= 0.6 is 23.1 Å². The van der Waals surface area contributed by atoms with E-state index >= 15 is 0 Å². The molecular formula is C35H34F3N3O6S2. The molecule has 258 valence electrons. The molecule has 8 rings (SSSR count). The minimum atomic E-state index is -4.74. The number of thioether (sulfide) groups is 1. The first-order valence-corrected chi connectivity index (χ1v) is 18.4. The van der Waals surface area contributed by atoms with Gasteiger partial charge in [0, 0.05) is 29.1 Å². The highest BCUT2D eigenvalue weighted by molar-refractivity contribution is 8.00. The Bertz CT molecular complexity index is 1890. The van der Waals surface area contributed by atoms with Gasteiger partial charge in [-0.2, -0.15) is 13.2 Å². The average Bonchev–Trinajstić information content (AvgIpc) is 3.82. The number of imide groups is 1. The summed E-state index contributed by atoms with van der Waals surface area (Å²) < 4.78 is 54.0. The number of aromatic nitrogens is 1. The maximum Gasteiger partial charge on any atom is 0.418 e. The molecule has 49 heavy (non-hydrogen) atoms. The number of rotatable bonds is 7. The lowest BCUT2D eigenvalue weighted by atomic mass is 9.68. The zero-order valence-corrected chi connectivity index (χ0v) is 28.2. The summed E-state index contributed by atoms with van der Waals surface area (Å²) in [5, 5.41) is 0.573. The van der Waals surface area contributed by atoms with Crippen LogP contribution in [0.25, 0.3) is 0 Å². The summed E-state index contributed by atoms with van der Waals surface area (Å²) in [5.41, 5.74) is -0.605. The highest BCUT2D eigenvalue weighted by Crippen LogP contribution is 2.69. The lowest BCUT2D eigenvalue weighted by molar-refractivity contribution is -0.137. The second-order valence-electron chi connectivity index (χ2n) is 13.4. The largest absolute Gasteiger partial charge is 0.490 e. The van der Waals surface area contributed by atoms with Crippen molar-refractivity contribution in [3.63, 3.8) is 0 Å². The van der Waals surface area contributed by atoms with Crippen LogP contribution in [0.3, 0.4) is 0 Å². The topological polar surface area (TPSA) is 109 Å². The van der Waals surface area contributed by atoms with Crippen LogP contribution in [-0.2, 0) is 20.6 Å². The third-order valence-electron chi connectivity index (χ3n) is 10.9. The van der Waals surface area contributed by atoms with Crippen molar-refractivity contribution in [2.24, 2.45) is 29.6 Å². The first-order chi connectivity index (χ1) is 23.6. The molecular weight excluding hydrogens is 680 g/mol. The number of alkyl halides is 3. The molecule has 0 radical (unpaired) electrons. The van der Waals surface area contributed by atoms with Gasteiger partial charge in [0.15, 0.2) is 18.1 Å². The summed E-state index contributed by atoms with van der Waals surface area (Å²) >= 11 is 2.61. The van der Waals surface area contributed by atoms with E-state index in [0.717, 1.165) is 52.0 Å². The number of carbonyl (C=O) groups is 3. The van der Waals surface area contributed by atoms with Crippen molar-refractivity contribution in [2.45, 2.75) is 55.0 Å². The summed E-state index contributed by atoms with van der Waals surface area (Å²) in [6.07, 6.45) is -1.09. The molecule has 2 aromatic carbocycles. The van der Waals surface area contributed by atoms with Gasteiger partial charge in [0.05, 0.1) is 34.7 Å². The number of hydrogen-bond donors (Lipinski definition) is 1. The van der Waals surface area contributed by atoms with Crippen LogP contribution < -0.4 is 19.2 Å². The standard InChI is InChI=1S/C35H34F3N3O6S2/c1-2-46-23-14-17(10-11-22(23)47-16-24(42)40-12-6-3-7-13-40)25-26-18-15-19(29(26)48-31-30(25)49-34(45)39-31)28-27(18)32(43)41(33(28)44)21-9-5-4-8-20(21)35(36,37)38/h4-5,8-11,14,18-19,25-29H,2-3,6-7,12-13,15-16H2,1H3,(H,39,45)/t18-,19-,25+,26-,27+,28+,29-/m1/s1. The van der Waals surface area contributed by atoms with Gasteiger partial charge < -0.3 is 19.4 Å². The molecule has 3 amide bonds. The normalized spacial score (nSPS) is 28.8. The highest BCUT2D eigenvalue weighted by Gasteiger charge is 2.70. The van der Waals surface area contributed by atoms with Gasteiger partial charge in [0.2, 0.25) is 11.8 Å². The van der Waals surface area contributed by atoms with E-state index in [1.165, 1.54) is 30.0 Å². The van der Waals surface area contributed by atoms with Crippen molar-refractivity contribution in [3.8, 4) is 11.5 Å². The second-order valence-corrected chi connectivity index (χ2v) is 15.6. The van der Waals surface area contributed by atoms with Gasteiger partial charge in [0.1, 0.15) is 0 Å². The van der Waals surface area contributed by atoms with E-state index in [4.69, 9.17) is 9.47 Å². The van der Waals surface area contributed by atoms with E-state index in [0.29, 0.717) is 42.6 Å². The molecule has 2 saturated heterocycles. The van der Waals surface area contributed by atoms with Crippen molar-refractivity contribution in [3.05, 3.63) is 68.1 Å². The molecule has 7 atom stereocenters. The zero-order chi connectivity index (χ0) is 34.2. The van der Waals surface area contributed by atoms with Crippen LogP contribution in [0.4, 0.5) is 18.9 Å². The average molecular weight is 714 g/mol. The summed E-state index contributed by atoms with van der Waals surface area (Å²) in [5.74, 6) is -2.89. The quantitative estimate of drug-likeness (QED) is 0.303. The number of H-pyrrole nitrogens is 1. The van der Waals surface area contributed by atoms with Gasteiger partial charge >= 0.3 is 11.0 Å². The van der Waals surface area contributed by atoms with Gasteiger partial charge in [0.25, 0.3) is 5.91 Å². The number of piperidine rings is 1. The summed E-state index contributed by atoms with van der Waals surface area (Å²) in [6, 6.07) is 10.3. The lowest BCUT2D eigenvalue weighted by Gasteiger charge is -2.43. The number of hydrogen-bond acceptors (Lipinski definition) is 8. The van der Waals surface area contributed by atoms with Crippen LogP contribution in [0.2, 0.25) is 0 Å². The number of nitrogens with zero attached hydrogens (tertiary/aromatic N) is 2. The third kappa shape index (κ3) is 5.28. The summed E-state index contributed by atoms with van der Waals surface area (Å²) in [6.45, 7) is 3.50. The molecule has 9 nitrogen and oxygen atoms in total. The Hall–Kier alpha value is -3.78. The molecule has 2 saturated carbocycles. The fourth-order valence-corrected chi connectivity index (χ4v) is 11.9. The molecule has 3 aliphatic heterocycles. The minimum absolute atomic E-state index is 0.0840. The number of anilines is 1. The lowest BCUT2D eigenvalue weighted by Crippen LogP contribution is -2.42. The van der Waals surface area contributed by atoms with Crippen LogP contribution in [0.15, 0.2) is 52.3 Å². The molecule has 14 heteroatoms. The first-order valence-electron chi connectivity index (χ1n) is 16.7. The van der Waals surface area contributed by atoms with Crippen molar-refractivity contribution in [2.75, 3.05) is 31.2 Å². The van der Waals surface area contributed by atoms with E-state index in [1.807, 2.05) is 24.0 Å². The fourth-order valence-electron chi connectivity index (χ4n) is 9.02. The molecule has 0 unspecified atom stereocenters. The number of halogens is 3. The first kappa shape index (κ1) is 32.4. The van der Waals surface area contributed by atoms with Gasteiger partial charge in [-0.3, -0.25) is 19.2 Å². The Morgan fingerprint density at radius 3 is 2.43 bits per heavy atom. The van der Waals surface area contributed by atoms with Crippen molar-refractivity contribution >= 4 is 46.5 Å². The van der Waals surface area contributed by atoms with Crippen molar-refractivity contribution < 1.29 is 37.0 Å². The Labute approximate surface area is 288 Å². The predicted octanol–water partition coefficient (Wildman–Crippen LogP) is 5.92. The number of amides is 3. The maximum atomic E-state index is 14.1. The molecule has 1 N–H and O–H groups in total. The second kappa shape index (κ2) is 12.2. The monoisotopic (exact) mass is 713 g/mol. The number of likely N-dealkylation sites (tertiary alicyclic amines) is 1. The number of para-hydroxylation sites is 1. The van der Waals surface area contributed by atoms with Crippen LogP contribution in [0.5, 0.6) is 11.5 Å². The van der Waals surface area contributed by atoms with E-state index in [2.05, 4.69) is 4.98 Å². The molecule has 4 heterocycles. The van der Waals surface area contributed by atoms with Gasteiger partial charge in [-0.25, -0.2) is 4.90 Å². The Morgan fingerprint density at radius 2 is 1.69 bits per heavy atom. The fraction of sp³-hybridized carbons (Fsp3) is 0.486. The number of nitrogens with one attached hydrogen (secondary N) is 1. The Morgan fingerprint density at radius 1 is 0.959 bits per heavy atom. The van der Waals surface area contributed by atoms with Crippen molar-refractivity contribution in [1.82, 2.24) is 9.88 Å². The van der Waals surface area contributed by atoms with Crippen molar-refractivity contribution in [1.29, 1.82) is 0 Å². The molecule has 3 aromatic rings. The van der Waals surface area contributed by atoms with E-state index in [1.54, 1.807) is 6.07 Å². The Balaban J connectivity index is 1.13. The van der Waals surface area contributed by atoms with Crippen LogP contribution in [0.1, 0.15) is 54.5 Å². The van der Waals surface area contributed by atoms with Gasteiger partial charge in [-0.05, 0) is 80.2 Å². The highest BCUT2D eigenvalue weighted by atomic mass is 32.2. The number of aromatic amines is 1. The van der Waals surface area contributed by atoms with Gasteiger partial charge in [-0.1, -0.05) is 29.5 Å². The van der Waals surface area contributed by atoms with E-state index in [9.17, 15) is 32.3 Å². The minimum Gasteiger partial charge on any atom is -0.490 e. The summed E-state index contributed by atoms with van der Waals surface area (Å²) in [7, 11) is 0. The maximum absolute atomic E-state index is 14.1. The number of carbonyl (C=O) groups excluding carboxylic acids is 3. The number of thiazole rings is 1. The third-order valence-corrected chi connectivity index (χ3v) is 13.4. The molecule has 1 aromatic heterocycles. The predicted molar refractivity (Wildman–Crippen MR) is 176 cm³/mol. The Kier molecular flexibility index (Phi) is 8.09. The zero-order valence-electron chi connectivity index (χ0n) is 26.5. The van der Waals surface area contributed by atoms with Crippen LogP contribution in [0, 0.1) is 29.6 Å². The molecule has 4 fully saturated rings. The van der Waals surface area contributed by atoms with E-state index < -0.39 is 41.1 Å². The molecule has 2 bridgehead atoms. The van der Waals surface area contributed by atoms with E-state index in [-0.39, 0.29) is 46.3 Å². The molecule has 2 aliphatic carbocycles.